The third-order valence-corrected chi connectivity index (χ3v) is 8.14. The summed E-state index contributed by atoms with van der Waals surface area (Å²) in [5.41, 5.74) is 3.10. The van der Waals surface area contributed by atoms with E-state index in [1.54, 1.807) is 20.8 Å². The zero-order valence-electron chi connectivity index (χ0n) is 20.0. The minimum atomic E-state index is -0.469. The number of thiophene rings is 2. The smallest absolute Gasteiger partial charge is 0.348 e. The van der Waals surface area contributed by atoms with Crippen molar-refractivity contribution in [3.8, 4) is 0 Å². The van der Waals surface area contributed by atoms with Crippen LogP contribution in [0.15, 0.2) is 30.3 Å². The van der Waals surface area contributed by atoms with Gasteiger partial charge in [0, 0.05) is 10.6 Å². The van der Waals surface area contributed by atoms with Gasteiger partial charge in [-0.15, -0.1) is 22.7 Å². The van der Waals surface area contributed by atoms with E-state index in [0.717, 1.165) is 41.8 Å². The Balaban J connectivity index is 1.73. The van der Waals surface area contributed by atoms with Gasteiger partial charge in [0.2, 0.25) is 0 Å². The van der Waals surface area contributed by atoms with E-state index in [0.29, 0.717) is 31.6 Å². The molecule has 1 aliphatic rings. The maximum atomic E-state index is 13.6. The molecule has 35 heavy (non-hydrogen) atoms. The van der Waals surface area contributed by atoms with Crippen LogP contribution in [-0.4, -0.2) is 31.1 Å². The number of benzene rings is 1. The second-order valence-corrected chi connectivity index (χ2v) is 10.2. The molecule has 0 fully saturated rings. The van der Waals surface area contributed by atoms with Gasteiger partial charge in [-0.05, 0) is 69.7 Å². The molecule has 0 bridgehead atoms. The Morgan fingerprint density at radius 1 is 0.886 bits per heavy atom. The number of amides is 1. The minimum Gasteiger partial charge on any atom is -0.462 e. The maximum Gasteiger partial charge on any atom is 0.348 e. The number of esters is 2. The summed E-state index contributed by atoms with van der Waals surface area (Å²) in [6.07, 6.45) is 3.73. The normalized spacial score (nSPS) is 12.5. The minimum absolute atomic E-state index is 0.239. The fourth-order valence-corrected chi connectivity index (χ4v) is 6.55. The molecule has 0 atom stereocenters. The summed E-state index contributed by atoms with van der Waals surface area (Å²) in [6, 6.07) is 9.44. The first-order valence-corrected chi connectivity index (χ1v) is 13.3. The molecule has 7 nitrogen and oxygen atoms in total. The van der Waals surface area contributed by atoms with E-state index in [1.807, 2.05) is 30.3 Å². The standard InChI is InChI=1S/C26H28N2O5S2/c1-4-32-25(30)20-17-13-9-10-14-18(17)34-24(20)28-22(29)19-15(3)21(26(31)33-5-2)35-23(19)27-16-11-7-6-8-12-16/h6-8,11-12,27H,4-5,9-10,13-14H2,1-3H3,(H,28,29). The molecule has 2 aromatic heterocycles. The highest BCUT2D eigenvalue weighted by Gasteiger charge is 2.30. The average Bonchev–Trinajstić information content (AvgIpc) is 3.37. The second kappa shape index (κ2) is 11.0. The van der Waals surface area contributed by atoms with Crippen molar-refractivity contribution in [2.24, 2.45) is 0 Å². The molecule has 1 aliphatic carbocycles. The number of anilines is 3. The highest BCUT2D eigenvalue weighted by atomic mass is 32.1. The van der Waals surface area contributed by atoms with Crippen molar-refractivity contribution in [1.82, 2.24) is 0 Å². The molecule has 9 heteroatoms. The van der Waals surface area contributed by atoms with Crippen molar-refractivity contribution in [1.29, 1.82) is 0 Å². The van der Waals surface area contributed by atoms with Crippen LogP contribution >= 0.6 is 22.7 Å². The van der Waals surface area contributed by atoms with Crippen LogP contribution in [0.1, 0.15) is 73.1 Å². The highest BCUT2D eigenvalue weighted by molar-refractivity contribution is 7.19. The van der Waals surface area contributed by atoms with Crippen LogP contribution < -0.4 is 10.6 Å². The molecule has 4 rings (SSSR count). The molecule has 1 amide bonds. The number of aryl methyl sites for hydroxylation is 1. The Kier molecular flexibility index (Phi) is 7.87. The average molecular weight is 513 g/mol. The van der Waals surface area contributed by atoms with E-state index in [4.69, 9.17) is 9.47 Å². The topological polar surface area (TPSA) is 93.7 Å². The quantitative estimate of drug-likeness (QED) is 0.342. The van der Waals surface area contributed by atoms with Crippen molar-refractivity contribution in [3.05, 3.63) is 62.3 Å². The number of nitrogens with one attached hydrogen (secondary N) is 2. The summed E-state index contributed by atoms with van der Waals surface area (Å²) in [5, 5.41) is 7.26. The molecular formula is C26H28N2O5S2. The van der Waals surface area contributed by atoms with Gasteiger partial charge in [-0.2, -0.15) is 0 Å². The van der Waals surface area contributed by atoms with Crippen molar-refractivity contribution >= 4 is 56.2 Å². The molecule has 0 spiro atoms. The SMILES string of the molecule is CCOC(=O)c1sc(Nc2ccccc2)c(C(=O)Nc2sc3c(c2C(=O)OCC)CCCC3)c1C. The molecule has 0 aliphatic heterocycles. The van der Waals surface area contributed by atoms with Crippen LogP contribution in [0, 0.1) is 6.92 Å². The number of carbonyl (C=O) groups excluding carboxylic acids is 3. The van der Waals surface area contributed by atoms with Crippen LogP contribution in [0.4, 0.5) is 15.7 Å². The fourth-order valence-electron chi connectivity index (χ4n) is 4.16. The van der Waals surface area contributed by atoms with Crippen molar-refractivity contribution in [3.63, 3.8) is 0 Å². The first-order valence-electron chi connectivity index (χ1n) is 11.7. The van der Waals surface area contributed by atoms with Gasteiger partial charge in [-0.1, -0.05) is 18.2 Å². The molecule has 2 N–H and O–H groups in total. The number of ether oxygens (including phenoxy) is 2. The molecule has 184 valence electrons. The predicted octanol–water partition coefficient (Wildman–Crippen LogP) is 6.35. The first-order chi connectivity index (χ1) is 16.9. The molecule has 0 saturated carbocycles. The largest absolute Gasteiger partial charge is 0.462 e. The van der Waals surface area contributed by atoms with E-state index in [-0.39, 0.29) is 13.2 Å². The van der Waals surface area contributed by atoms with Crippen LogP contribution in [-0.2, 0) is 22.3 Å². The van der Waals surface area contributed by atoms with Crippen molar-refractivity contribution in [2.45, 2.75) is 46.5 Å². The predicted molar refractivity (Wildman–Crippen MR) is 140 cm³/mol. The first kappa shape index (κ1) is 24.9. The van der Waals surface area contributed by atoms with Gasteiger partial charge in [0.1, 0.15) is 14.9 Å². The van der Waals surface area contributed by atoms with E-state index in [1.165, 1.54) is 22.7 Å². The summed E-state index contributed by atoms with van der Waals surface area (Å²) in [4.78, 5) is 40.5. The van der Waals surface area contributed by atoms with Crippen molar-refractivity contribution in [2.75, 3.05) is 23.8 Å². The fraction of sp³-hybridized carbons (Fsp3) is 0.346. The van der Waals surface area contributed by atoms with Gasteiger partial charge >= 0.3 is 11.9 Å². The number of hydrogen-bond acceptors (Lipinski definition) is 8. The second-order valence-electron chi connectivity index (χ2n) is 8.06. The van der Waals surface area contributed by atoms with Gasteiger partial charge < -0.3 is 20.1 Å². The molecule has 0 saturated heterocycles. The van der Waals surface area contributed by atoms with Crippen LogP contribution in [0.2, 0.25) is 0 Å². The Morgan fingerprint density at radius 2 is 1.57 bits per heavy atom. The molecule has 2 heterocycles. The third kappa shape index (κ3) is 5.26. The molecular weight excluding hydrogens is 484 g/mol. The summed E-state index contributed by atoms with van der Waals surface area (Å²) < 4.78 is 10.5. The Bertz CT molecular complexity index is 1250. The molecule has 1 aromatic carbocycles. The zero-order valence-corrected chi connectivity index (χ0v) is 21.6. The number of carbonyl (C=O) groups is 3. The summed E-state index contributed by atoms with van der Waals surface area (Å²) in [5.74, 6) is -1.28. The van der Waals surface area contributed by atoms with Gasteiger partial charge in [-0.3, -0.25) is 4.79 Å². The third-order valence-electron chi connectivity index (χ3n) is 5.74. The van der Waals surface area contributed by atoms with E-state index in [2.05, 4.69) is 10.6 Å². The lowest BCUT2D eigenvalue weighted by molar-refractivity contribution is 0.0519. The van der Waals surface area contributed by atoms with Gasteiger partial charge in [0.15, 0.2) is 0 Å². The lowest BCUT2D eigenvalue weighted by atomic mass is 9.95. The van der Waals surface area contributed by atoms with Gasteiger partial charge in [0.25, 0.3) is 5.91 Å². The zero-order chi connectivity index (χ0) is 24.9. The monoisotopic (exact) mass is 512 g/mol. The highest BCUT2D eigenvalue weighted by Crippen LogP contribution is 2.41. The Hall–Kier alpha value is -3.17. The van der Waals surface area contributed by atoms with Gasteiger partial charge in [-0.25, -0.2) is 9.59 Å². The van der Waals surface area contributed by atoms with Gasteiger partial charge in [0.05, 0.1) is 24.3 Å². The molecule has 0 radical (unpaired) electrons. The van der Waals surface area contributed by atoms with Crippen molar-refractivity contribution < 1.29 is 23.9 Å². The van der Waals surface area contributed by atoms with E-state index < -0.39 is 17.8 Å². The van der Waals surface area contributed by atoms with E-state index in [9.17, 15) is 14.4 Å². The summed E-state index contributed by atoms with van der Waals surface area (Å²) >= 11 is 2.61. The summed E-state index contributed by atoms with van der Waals surface area (Å²) in [7, 11) is 0. The number of hydrogen-bond donors (Lipinski definition) is 2. The number of rotatable bonds is 8. The number of para-hydroxylation sites is 1. The lowest BCUT2D eigenvalue weighted by Gasteiger charge is -2.12. The van der Waals surface area contributed by atoms with Crippen LogP contribution in [0.5, 0.6) is 0 Å². The van der Waals surface area contributed by atoms with Crippen LogP contribution in [0.3, 0.4) is 0 Å². The molecule has 0 unspecified atom stereocenters. The lowest BCUT2D eigenvalue weighted by Crippen LogP contribution is -2.17. The Labute approximate surface area is 212 Å². The van der Waals surface area contributed by atoms with Crippen LogP contribution in [0.25, 0.3) is 0 Å². The number of fused-ring (bicyclic) bond motifs is 1. The summed E-state index contributed by atoms with van der Waals surface area (Å²) in [6.45, 7) is 5.74. The van der Waals surface area contributed by atoms with E-state index >= 15 is 0 Å². The Morgan fingerprint density at radius 3 is 2.29 bits per heavy atom. The maximum absolute atomic E-state index is 13.6. The molecule has 3 aromatic rings.